The predicted molar refractivity (Wildman–Crippen MR) is 150 cm³/mol. The molecule has 4 rings (SSSR count). The number of rotatable bonds is 11. The minimum Gasteiger partial charge on any atom is -0.376 e. The fourth-order valence-electron chi connectivity index (χ4n) is 4.54. The number of carbonyl (C=O) groups excluding carboxylic acids is 3. The molecule has 0 saturated carbocycles. The third-order valence-corrected chi connectivity index (χ3v) is 7.78. The summed E-state index contributed by atoms with van der Waals surface area (Å²) in [5.74, 6) is -0.625. The summed E-state index contributed by atoms with van der Waals surface area (Å²) in [6, 6.07) is 19.6. The maximum atomic E-state index is 13.8. The van der Waals surface area contributed by atoms with E-state index >= 15 is 0 Å². The first-order valence-corrected chi connectivity index (χ1v) is 14.0. The summed E-state index contributed by atoms with van der Waals surface area (Å²) in [5.41, 5.74) is 2.43. The fourth-order valence-corrected chi connectivity index (χ4v) is 5.18. The SMILES string of the molecule is CC[C@@H](C)c1ccc(N(C(=O)CNC(=O)c2cccs2)[C@@H](C(=O)NC[C@@H]2CCCO2)c2ccccc2)cc1. The van der Waals surface area contributed by atoms with Gasteiger partial charge in [0, 0.05) is 18.8 Å². The molecule has 0 spiro atoms. The number of thiophene rings is 1. The van der Waals surface area contributed by atoms with Crippen LogP contribution in [-0.4, -0.2) is 43.5 Å². The van der Waals surface area contributed by atoms with Crippen molar-refractivity contribution < 1.29 is 19.1 Å². The minimum atomic E-state index is -0.918. The molecule has 1 aromatic heterocycles. The second-order valence-electron chi connectivity index (χ2n) is 9.52. The van der Waals surface area contributed by atoms with Gasteiger partial charge in [0.25, 0.3) is 5.91 Å². The first kappa shape index (κ1) is 27.5. The van der Waals surface area contributed by atoms with Gasteiger partial charge in [0.05, 0.1) is 17.5 Å². The molecule has 2 N–H and O–H groups in total. The lowest BCUT2D eigenvalue weighted by Gasteiger charge is -2.32. The van der Waals surface area contributed by atoms with Gasteiger partial charge in [-0.2, -0.15) is 0 Å². The Bertz CT molecular complexity index is 1190. The average Bonchev–Trinajstić information content (AvgIpc) is 3.68. The van der Waals surface area contributed by atoms with Crippen molar-refractivity contribution in [3.05, 3.63) is 88.1 Å². The van der Waals surface area contributed by atoms with Gasteiger partial charge in [-0.1, -0.05) is 62.4 Å². The van der Waals surface area contributed by atoms with Gasteiger partial charge in [-0.25, -0.2) is 0 Å². The van der Waals surface area contributed by atoms with Crippen molar-refractivity contribution >= 4 is 34.7 Å². The second kappa shape index (κ2) is 13.3. The van der Waals surface area contributed by atoms with Crippen molar-refractivity contribution in [2.45, 2.75) is 51.2 Å². The molecule has 3 aromatic rings. The monoisotopic (exact) mass is 533 g/mol. The Morgan fingerprint density at radius 3 is 2.39 bits per heavy atom. The van der Waals surface area contributed by atoms with Crippen LogP contribution in [0.5, 0.6) is 0 Å². The van der Waals surface area contributed by atoms with E-state index in [-0.39, 0.29) is 30.4 Å². The molecule has 1 aliphatic heterocycles. The normalized spacial score (nSPS) is 16.4. The first-order valence-electron chi connectivity index (χ1n) is 13.2. The third-order valence-electron chi connectivity index (χ3n) is 6.92. The topological polar surface area (TPSA) is 87.7 Å². The first-order chi connectivity index (χ1) is 18.5. The van der Waals surface area contributed by atoms with Crippen molar-refractivity contribution in [2.24, 2.45) is 0 Å². The Balaban J connectivity index is 1.65. The molecule has 0 unspecified atom stereocenters. The van der Waals surface area contributed by atoms with E-state index in [4.69, 9.17) is 4.74 Å². The smallest absolute Gasteiger partial charge is 0.261 e. The molecule has 38 heavy (non-hydrogen) atoms. The second-order valence-corrected chi connectivity index (χ2v) is 10.5. The van der Waals surface area contributed by atoms with Crippen LogP contribution in [0.25, 0.3) is 0 Å². The molecule has 2 aromatic carbocycles. The molecule has 2 heterocycles. The zero-order valence-corrected chi connectivity index (χ0v) is 22.7. The zero-order valence-electron chi connectivity index (χ0n) is 21.9. The van der Waals surface area contributed by atoms with Crippen LogP contribution >= 0.6 is 11.3 Å². The lowest BCUT2D eigenvalue weighted by molar-refractivity contribution is -0.126. The molecule has 200 valence electrons. The molecule has 7 nitrogen and oxygen atoms in total. The summed E-state index contributed by atoms with van der Waals surface area (Å²) in [6.45, 7) is 5.12. The molecule has 1 fully saturated rings. The van der Waals surface area contributed by atoms with E-state index in [1.54, 1.807) is 12.1 Å². The highest BCUT2D eigenvalue weighted by Crippen LogP contribution is 2.30. The Hall–Kier alpha value is -3.49. The molecular weight excluding hydrogens is 498 g/mol. The van der Waals surface area contributed by atoms with Gasteiger partial charge >= 0.3 is 0 Å². The van der Waals surface area contributed by atoms with Gasteiger partial charge in [0.2, 0.25) is 11.8 Å². The molecule has 0 radical (unpaired) electrons. The van der Waals surface area contributed by atoms with Crippen molar-refractivity contribution in [1.82, 2.24) is 10.6 Å². The quantitative estimate of drug-likeness (QED) is 0.361. The van der Waals surface area contributed by atoms with E-state index in [1.807, 2.05) is 60.0 Å². The number of nitrogens with zero attached hydrogens (tertiary/aromatic N) is 1. The van der Waals surface area contributed by atoms with Gasteiger partial charge in [0.1, 0.15) is 6.04 Å². The molecule has 0 bridgehead atoms. The van der Waals surface area contributed by atoms with Crippen LogP contribution in [0.4, 0.5) is 5.69 Å². The maximum absolute atomic E-state index is 13.8. The van der Waals surface area contributed by atoms with E-state index in [0.29, 0.717) is 35.2 Å². The predicted octanol–water partition coefficient (Wildman–Crippen LogP) is 5.06. The van der Waals surface area contributed by atoms with Crippen molar-refractivity contribution in [2.75, 3.05) is 24.6 Å². The third kappa shape index (κ3) is 6.88. The van der Waals surface area contributed by atoms with E-state index in [0.717, 1.165) is 24.8 Å². The van der Waals surface area contributed by atoms with Crippen molar-refractivity contribution in [3.63, 3.8) is 0 Å². The minimum absolute atomic E-state index is 0.0283. The Labute approximate surface area is 228 Å². The number of nitrogens with one attached hydrogen (secondary N) is 2. The summed E-state index contributed by atoms with van der Waals surface area (Å²) in [5, 5.41) is 7.55. The fraction of sp³-hybridized carbons (Fsp3) is 0.367. The average molecular weight is 534 g/mol. The van der Waals surface area contributed by atoms with Crippen LogP contribution in [0.3, 0.4) is 0 Å². The summed E-state index contributed by atoms with van der Waals surface area (Å²) >= 11 is 1.31. The molecule has 0 aliphatic carbocycles. The summed E-state index contributed by atoms with van der Waals surface area (Å²) in [7, 11) is 0. The Kier molecular flexibility index (Phi) is 9.67. The molecule has 3 atom stereocenters. The van der Waals surface area contributed by atoms with Crippen LogP contribution < -0.4 is 15.5 Å². The number of carbonyl (C=O) groups is 3. The number of benzene rings is 2. The molecule has 8 heteroatoms. The molecular formula is C30H35N3O4S. The molecule has 1 aliphatic rings. The van der Waals surface area contributed by atoms with Gasteiger partial charge < -0.3 is 15.4 Å². The maximum Gasteiger partial charge on any atom is 0.261 e. The Morgan fingerprint density at radius 1 is 1.00 bits per heavy atom. The van der Waals surface area contributed by atoms with Crippen LogP contribution in [0.1, 0.15) is 65.9 Å². The summed E-state index contributed by atoms with van der Waals surface area (Å²) < 4.78 is 5.69. The van der Waals surface area contributed by atoms with Crippen molar-refractivity contribution in [1.29, 1.82) is 0 Å². The van der Waals surface area contributed by atoms with Gasteiger partial charge in [0.15, 0.2) is 0 Å². The van der Waals surface area contributed by atoms with Gasteiger partial charge in [-0.05, 0) is 59.9 Å². The summed E-state index contributed by atoms with van der Waals surface area (Å²) in [6.07, 6.45) is 2.83. The van der Waals surface area contributed by atoms with E-state index in [1.165, 1.54) is 16.2 Å². The van der Waals surface area contributed by atoms with E-state index in [2.05, 4.69) is 24.5 Å². The number of hydrogen-bond acceptors (Lipinski definition) is 5. The van der Waals surface area contributed by atoms with Gasteiger partial charge in [-0.15, -0.1) is 11.3 Å². The molecule has 3 amide bonds. The number of hydrogen-bond donors (Lipinski definition) is 2. The number of ether oxygens (including phenoxy) is 1. The summed E-state index contributed by atoms with van der Waals surface area (Å²) in [4.78, 5) is 42.1. The highest BCUT2D eigenvalue weighted by molar-refractivity contribution is 7.12. The largest absolute Gasteiger partial charge is 0.376 e. The highest BCUT2D eigenvalue weighted by Gasteiger charge is 2.33. The highest BCUT2D eigenvalue weighted by atomic mass is 32.1. The lowest BCUT2D eigenvalue weighted by Crippen LogP contribution is -2.48. The van der Waals surface area contributed by atoms with E-state index in [9.17, 15) is 14.4 Å². The van der Waals surface area contributed by atoms with Crippen LogP contribution in [-0.2, 0) is 14.3 Å². The van der Waals surface area contributed by atoms with Crippen molar-refractivity contribution in [3.8, 4) is 0 Å². The number of anilines is 1. The number of amides is 3. The standard InChI is InChI=1S/C30H35N3O4S/c1-3-21(2)22-13-15-24(16-14-22)33(27(34)20-32-29(35)26-12-8-18-38-26)28(23-9-5-4-6-10-23)30(36)31-19-25-11-7-17-37-25/h4-6,8-10,12-16,18,21,25,28H,3,7,11,17,19-20H2,1-2H3,(H,31,36)(H,32,35)/t21-,25+,28-/m1/s1. The van der Waals surface area contributed by atoms with Crippen LogP contribution in [0.15, 0.2) is 72.1 Å². The lowest BCUT2D eigenvalue weighted by atomic mass is 9.97. The van der Waals surface area contributed by atoms with Gasteiger partial charge in [-0.3, -0.25) is 19.3 Å². The molecule has 1 saturated heterocycles. The zero-order chi connectivity index (χ0) is 26.9. The Morgan fingerprint density at radius 2 is 1.76 bits per heavy atom. The van der Waals surface area contributed by atoms with E-state index < -0.39 is 6.04 Å². The van der Waals surface area contributed by atoms with Crippen LogP contribution in [0, 0.1) is 0 Å². The van der Waals surface area contributed by atoms with Crippen LogP contribution in [0.2, 0.25) is 0 Å².